The molecule has 0 rings (SSSR count). The number of halogens is 2. The lowest BCUT2D eigenvalue weighted by Crippen LogP contribution is -1.90. The molecule has 0 heterocycles. The summed E-state index contributed by atoms with van der Waals surface area (Å²) < 4.78 is 24.7. The smallest absolute Gasteiger partial charge is 0.405 e. The van der Waals surface area contributed by atoms with Crippen LogP contribution in [0.2, 0.25) is 0 Å². The van der Waals surface area contributed by atoms with Gasteiger partial charge in [0.2, 0.25) is 0 Å². The highest BCUT2D eigenvalue weighted by Crippen LogP contribution is 1.63. The highest BCUT2D eigenvalue weighted by Gasteiger charge is 1.84. The molecule has 1 nitrogen and oxygen atoms in total. The number of hydrogen-bond acceptors (Lipinski definition) is 1. The summed E-state index contributed by atoms with van der Waals surface area (Å²) in [7, 11) is -2.41. The van der Waals surface area contributed by atoms with Crippen LogP contribution in [0.3, 0.4) is 0 Å². The molecule has 5 heavy (non-hydrogen) atoms. The molecule has 0 aromatic heterocycles. The van der Waals surface area contributed by atoms with Crippen LogP contribution in [0.5, 0.6) is 0 Å². The van der Waals surface area contributed by atoms with Crippen molar-refractivity contribution in [2.24, 2.45) is 0 Å². The molecular formula is F2OSi2. The lowest BCUT2D eigenvalue weighted by molar-refractivity contribution is 0.521. The Balaban J connectivity index is 2.19. The molecule has 0 unspecified atom stereocenters. The van der Waals surface area contributed by atoms with Crippen LogP contribution in [0.1, 0.15) is 0 Å². The zero-order valence-corrected chi connectivity index (χ0v) is 4.16. The van der Waals surface area contributed by atoms with Gasteiger partial charge in [-0.05, 0) is 0 Å². The minimum absolute atomic E-state index is 1.20. The maximum atomic E-state index is 10.6. The predicted molar refractivity (Wildman–Crippen MR) is 14.8 cm³/mol. The van der Waals surface area contributed by atoms with Gasteiger partial charge in [-0.3, -0.25) is 8.22 Å². The maximum absolute atomic E-state index is 10.6. The van der Waals surface area contributed by atoms with E-state index in [2.05, 4.69) is 4.12 Å². The largest absolute Gasteiger partial charge is 0.475 e. The Labute approximate surface area is 33.6 Å². The molecule has 0 aliphatic rings. The van der Waals surface area contributed by atoms with E-state index in [-0.39, 0.29) is 0 Å². The standard InChI is InChI=1S/F2OSi2/c1-4-3-5-2. The van der Waals surface area contributed by atoms with Crippen LogP contribution < -0.4 is 0 Å². The minimum Gasteiger partial charge on any atom is -0.405 e. The normalized spacial score (nSPS) is 8.40. The second-order valence-electron chi connectivity index (χ2n) is 0.256. The van der Waals surface area contributed by atoms with Crippen molar-refractivity contribution in [2.45, 2.75) is 0 Å². The fraction of sp³-hybridized carbons (Fsp3) is 0. The van der Waals surface area contributed by atoms with Gasteiger partial charge in [-0.15, -0.1) is 0 Å². The van der Waals surface area contributed by atoms with Crippen LogP contribution in [-0.4, -0.2) is 20.2 Å². The topological polar surface area (TPSA) is 9.23 Å². The van der Waals surface area contributed by atoms with Crippen molar-refractivity contribution in [3.63, 3.8) is 0 Å². The average Bonchev–Trinajstić information content (AvgIpc) is 1.41. The van der Waals surface area contributed by atoms with E-state index in [1.807, 2.05) is 0 Å². The summed E-state index contributed by atoms with van der Waals surface area (Å²) in [6.07, 6.45) is 0. The molecule has 28 valence electrons. The van der Waals surface area contributed by atoms with Crippen molar-refractivity contribution >= 4 is 20.2 Å². The van der Waals surface area contributed by atoms with E-state index in [4.69, 9.17) is 0 Å². The van der Waals surface area contributed by atoms with Crippen LogP contribution in [0, 0.1) is 0 Å². The van der Waals surface area contributed by atoms with Gasteiger partial charge in [0.05, 0.1) is 0 Å². The molecule has 0 spiro atoms. The van der Waals surface area contributed by atoms with Crippen molar-refractivity contribution < 1.29 is 12.3 Å². The Kier molecular flexibility index (Phi) is 4.47. The maximum Gasteiger partial charge on any atom is 0.475 e. The van der Waals surface area contributed by atoms with E-state index in [0.717, 1.165) is 0 Å². The van der Waals surface area contributed by atoms with Crippen molar-refractivity contribution in [3.05, 3.63) is 0 Å². The molecule has 0 N–H and O–H groups in total. The highest BCUT2D eigenvalue weighted by molar-refractivity contribution is 6.33. The third kappa shape index (κ3) is 4.25. The van der Waals surface area contributed by atoms with E-state index >= 15 is 0 Å². The third-order valence-electron chi connectivity index (χ3n) is 0.0772. The van der Waals surface area contributed by atoms with Crippen molar-refractivity contribution in [1.29, 1.82) is 0 Å². The van der Waals surface area contributed by atoms with E-state index in [9.17, 15) is 8.22 Å². The van der Waals surface area contributed by atoms with Crippen LogP contribution in [0.25, 0.3) is 0 Å². The predicted octanol–water partition coefficient (Wildman–Crippen LogP) is 0.0104. The highest BCUT2D eigenvalue weighted by atomic mass is 28.4. The Hall–Kier alpha value is 0.254. The lowest BCUT2D eigenvalue weighted by Gasteiger charge is -1.73. The fourth-order valence-corrected chi connectivity index (χ4v) is 0.131. The van der Waals surface area contributed by atoms with Crippen molar-refractivity contribution in [2.75, 3.05) is 0 Å². The average molecular weight is 110 g/mol. The summed E-state index contributed by atoms with van der Waals surface area (Å²) in [6.45, 7) is 0. The van der Waals surface area contributed by atoms with Gasteiger partial charge in [0.1, 0.15) is 0 Å². The molecule has 0 aromatic carbocycles. The molecule has 0 aliphatic carbocycles. The second kappa shape index (κ2) is 4.25. The van der Waals surface area contributed by atoms with Gasteiger partial charge in [0.25, 0.3) is 0 Å². The van der Waals surface area contributed by atoms with Crippen LogP contribution in [0.4, 0.5) is 8.22 Å². The molecule has 0 aromatic rings. The first-order chi connectivity index (χ1) is 2.41. The first kappa shape index (κ1) is 5.25. The van der Waals surface area contributed by atoms with Crippen LogP contribution >= 0.6 is 0 Å². The summed E-state index contributed by atoms with van der Waals surface area (Å²) in [4.78, 5) is 0. The number of hydrogen-bond donors (Lipinski definition) is 0. The molecule has 0 saturated heterocycles. The molecule has 0 saturated carbocycles. The van der Waals surface area contributed by atoms with Gasteiger partial charge in [-0.2, -0.15) is 0 Å². The monoisotopic (exact) mass is 110 g/mol. The SMILES string of the molecule is F[Si]O[Si]F. The first-order valence-electron chi connectivity index (χ1n) is 0.786. The zero-order valence-electron chi connectivity index (χ0n) is 2.16. The lowest BCUT2D eigenvalue weighted by atomic mass is 15.8. The molecule has 0 atom stereocenters. The Morgan fingerprint density at radius 3 is 1.60 bits per heavy atom. The van der Waals surface area contributed by atoms with Crippen LogP contribution in [-0.2, 0) is 4.12 Å². The summed E-state index contributed by atoms with van der Waals surface area (Å²) in [5, 5.41) is 0. The summed E-state index contributed by atoms with van der Waals surface area (Å²) in [6, 6.07) is 0. The van der Waals surface area contributed by atoms with Gasteiger partial charge >= 0.3 is 20.2 Å². The third-order valence-corrected chi connectivity index (χ3v) is 0.694. The quantitative estimate of drug-likeness (QED) is 0.359. The Morgan fingerprint density at radius 1 is 1.20 bits per heavy atom. The van der Waals surface area contributed by atoms with E-state index in [0.29, 0.717) is 0 Å². The van der Waals surface area contributed by atoms with Gasteiger partial charge < -0.3 is 4.12 Å². The van der Waals surface area contributed by atoms with Crippen LogP contribution in [0.15, 0.2) is 0 Å². The molecule has 0 aliphatic heterocycles. The molecule has 5 heteroatoms. The summed E-state index contributed by atoms with van der Waals surface area (Å²) in [5.41, 5.74) is 0. The van der Waals surface area contributed by atoms with Gasteiger partial charge in [-0.1, -0.05) is 0 Å². The number of rotatable bonds is 2. The van der Waals surface area contributed by atoms with E-state index in [1.165, 1.54) is 0 Å². The van der Waals surface area contributed by atoms with Crippen molar-refractivity contribution in [3.8, 4) is 0 Å². The first-order valence-corrected chi connectivity index (χ1v) is 2.36. The Morgan fingerprint density at radius 2 is 1.60 bits per heavy atom. The zero-order chi connectivity index (χ0) is 4.12. The fourth-order valence-electron chi connectivity index (χ4n) is 0.0146. The summed E-state index contributed by atoms with van der Waals surface area (Å²) in [5.74, 6) is 0. The van der Waals surface area contributed by atoms with Gasteiger partial charge in [-0.25, -0.2) is 0 Å². The molecule has 0 amide bonds. The summed E-state index contributed by atoms with van der Waals surface area (Å²) >= 11 is 0. The van der Waals surface area contributed by atoms with E-state index in [1.54, 1.807) is 0 Å². The molecule has 4 radical (unpaired) electrons. The Bertz CT molecular complexity index is 15.1. The second-order valence-corrected chi connectivity index (χ2v) is 1.38. The van der Waals surface area contributed by atoms with Crippen molar-refractivity contribution in [1.82, 2.24) is 0 Å². The molecule has 0 fully saturated rings. The molecule has 0 bridgehead atoms. The molecular weight excluding hydrogens is 110 g/mol. The minimum atomic E-state index is -1.20. The van der Waals surface area contributed by atoms with Gasteiger partial charge in [0.15, 0.2) is 0 Å². The van der Waals surface area contributed by atoms with Gasteiger partial charge in [0, 0.05) is 0 Å². The van der Waals surface area contributed by atoms with E-state index < -0.39 is 20.2 Å².